The molecule has 5 saturated heterocycles. The predicted octanol–water partition coefficient (Wildman–Crippen LogP) is -2.69. The number of carbonyl (C=O) groups is 2. The second-order valence-corrected chi connectivity index (χ2v) is 14.7. The Kier molecular flexibility index (Phi) is 8.91. The van der Waals surface area contributed by atoms with Crippen molar-refractivity contribution in [2.45, 2.75) is 78.5 Å². The molecular weight excluding hydrogens is 580 g/mol. The van der Waals surface area contributed by atoms with Gasteiger partial charge in [0.15, 0.2) is 11.7 Å². The van der Waals surface area contributed by atoms with Crippen LogP contribution in [0.5, 0.6) is 0 Å². The molecule has 6 fully saturated rings. The van der Waals surface area contributed by atoms with Crippen molar-refractivity contribution in [3.8, 4) is 0 Å². The zero-order valence-corrected chi connectivity index (χ0v) is 25.3. The van der Waals surface area contributed by atoms with Gasteiger partial charge >= 0.3 is 0 Å². The summed E-state index contributed by atoms with van der Waals surface area (Å²) >= 11 is 3.51. The number of amides is 1. The van der Waals surface area contributed by atoms with Crippen LogP contribution in [0.3, 0.4) is 0 Å². The van der Waals surface area contributed by atoms with Crippen LogP contribution < -0.4 is 43.5 Å². The Morgan fingerprint density at radius 3 is 2.79 bits per heavy atom. The second-order valence-electron chi connectivity index (χ2n) is 12.2. The van der Waals surface area contributed by atoms with Crippen LogP contribution in [0.1, 0.15) is 25.7 Å². The molecular formula is C26H44N10O4S2. The van der Waals surface area contributed by atoms with Crippen LogP contribution in [-0.2, 0) is 19.1 Å². The summed E-state index contributed by atoms with van der Waals surface area (Å²) in [6, 6.07) is 0.296. The summed E-state index contributed by atoms with van der Waals surface area (Å²) in [7, 11) is 0. The van der Waals surface area contributed by atoms with E-state index in [9.17, 15) is 9.59 Å². The fourth-order valence-corrected chi connectivity index (χ4v) is 10.4. The molecule has 0 aromatic carbocycles. The van der Waals surface area contributed by atoms with Crippen molar-refractivity contribution < 1.29 is 19.1 Å². The number of hydrazine groups is 1. The van der Waals surface area contributed by atoms with Gasteiger partial charge in [-0.3, -0.25) is 30.9 Å². The number of primary amides is 1. The molecule has 42 heavy (non-hydrogen) atoms. The second kappa shape index (κ2) is 12.7. The van der Waals surface area contributed by atoms with Gasteiger partial charge in [0.1, 0.15) is 17.6 Å². The van der Waals surface area contributed by atoms with Gasteiger partial charge in [-0.05, 0) is 12.8 Å². The Balaban J connectivity index is 1.01. The molecule has 0 spiro atoms. The Bertz CT molecular complexity index is 1050. The molecule has 0 aromatic heterocycles. The molecule has 0 bridgehead atoms. The van der Waals surface area contributed by atoms with Gasteiger partial charge in [0, 0.05) is 49.5 Å². The standard InChI is InChI=1S/C26H44N10O4S2/c27-14-3-1-2-4-15(14)32-26-34-23(19(22(28)38)24-30-12-31-36(24)26)33-17-10-29-25(42-17)13-11-41-21-16(37)9-18(40-20(13)21)35-5-7-39-8-6-35/h9,13-15,17,19-21,23-26,29-34H,1-8,10-12,27H2,(H2,28,38)/t13?,14-,15+,17?,19?,20?,21?,23?,24?,25?,26?/m1/s1. The first-order valence-corrected chi connectivity index (χ1v) is 17.3. The summed E-state index contributed by atoms with van der Waals surface area (Å²) in [4.78, 5) is 27.9. The first-order valence-electron chi connectivity index (χ1n) is 15.3. The fourth-order valence-electron chi connectivity index (χ4n) is 7.35. The maximum Gasteiger partial charge on any atom is 0.226 e. The third kappa shape index (κ3) is 5.80. The Morgan fingerprint density at radius 2 is 1.98 bits per heavy atom. The van der Waals surface area contributed by atoms with E-state index in [0.717, 1.165) is 51.1 Å². The van der Waals surface area contributed by atoms with E-state index in [0.29, 0.717) is 25.8 Å². The van der Waals surface area contributed by atoms with Crippen molar-refractivity contribution in [3.05, 3.63) is 12.0 Å². The Labute approximate surface area is 254 Å². The lowest BCUT2D eigenvalue weighted by atomic mass is 9.91. The first-order chi connectivity index (χ1) is 20.5. The lowest BCUT2D eigenvalue weighted by molar-refractivity contribution is -0.132. The number of allylic oxidation sites excluding steroid dienone is 1. The van der Waals surface area contributed by atoms with E-state index < -0.39 is 5.92 Å². The maximum absolute atomic E-state index is 13.0. The third-order valence-corrected chi connectivity index (χ3v) is 12.5. The number of thioether (sulfide) groups is 2. The molecule has 7 aliphatic rings. The average molecular weight is 625 g/mol. The number of carbonyl (C=O) groups excluding carboxylic acids is 2. The Hall–Kier alpha value is -1.18. The van der Waals surface area contributed by atoms with Gasteiger partial charge in [0.2, 0.25) is 5.91 Å². The van der Waals surface area contributed by atoms with Gasteiger partial charge in [0.25, 0.3) is 0 Å². The first kappa shape index (κ1) is 29.5. The fraction of sp³-hybridized carbons (Fsp3) is 0.846. The normalized spacial score (nSPS) is 44.4. The van der Waals surface area contributed by atoms with Crippen LogP contribution in [-0.4, -0.2) is 120 Å². The molecule has 1 saturated carbocycles. The highest BCUT2D eigenvalue weighted by Crippen LogP contribution is 2.44. The minimum Gasteiger partial charge on any atom is -0.474 e. The number of ether oxygens (including phenoxy) is 2. The molecule has 1 aliphatic carbocycles. The molecule has 11 atom stereocenters. The summed E-state index contributed by atoms with van der Waals surface area (Å²) in [5, 5.41) is 20.2. The van der Waals surface area contributed by atoms with Crippen LogP contribution in [0.4, 0.5) is 0 Å². The van der Waals surface area contributed by atoms with Crippen molar-refractivity contribution in [1.29, 1.82) is 0 Å². The molecule has 0 radical (unpaired) electrons. The van der Waals surface area contributed by atoms with E-state index >= 15 is 0 Å². The molecule has 10 N–H and O–H groups in total. The minimum absolute atomic E-state index is 0.0467. The van der Waals surface area contributed by atoms with Crippen molar-refractivity contribution >= 4 is 35.2 Å². The van der Waals surface area contributed by atoms with Crippen LogP contribution in [0.25, 0.3) is 0 Å². The van der Waals surface area contributed by atoms with Gasteiger partial charge in [-0.1, -0.05) is 12.8 Å². The topological polar surface area (TPSA) is 183 Å². The van der Waals surface area contributed by atoms with E-state index in [4.69, 9.17) is 20.9 Å². The summed E-state index contributed by atoms with van der Waals surface area (Å²) in [5.41, 5.74) is 15.8. The van der Waals surface area contributed by atoms with Crippen LogP contribution >= 0.6 is 23.5 Å². The molecule has 1 amide bonds. The zero-order valence-electron chi connectivity index (χ0n) is 23.7. The van der Waals surface area contributed by atoms with Crippen LogP contribution in [0.15, 0.2) is 12.0 Å². The molecule has 14 nitrogen and oxygen atoms in total. The number of fused-ring (bicyclic) bond motifs is 2. The zero-order chi connectivity index (χ0) is 28.8. The lowest BCUT2D eigenvalue weighted by Crippen LogP contribution is -2.77. The van der Waals surface area contributed by atoms with Crippen molar-refractivity contribution in [1.82, 2.24) is 41.9 Å². The number of nitrogens with one attached hydrogen (secondary N) is 6. The highest BCUT2D eigenvalue weighted by Gasteiger charge is 2.52. The average Bonchev–Trinajstić information content (AvgIpc) is 3.75. The molecule has 7 rings (SSSR count). The molecule has 6 heterocycles. The number of hydrogen-bond donors (Lipinski definition) is 8. The van der Waals surface area contributed by atoms with Crippen molar-refractivity contribution in [2.24, 2.45) is 23.3 Å². The van der Waals surface area contributed by atoms with E-state index in [1.54, 1.807) is 17.8 Å². The molecule has 16 heteroatoms. The third-order valence-electron chi connectivity index (χ3n) is 9.59. The molecule has 234 valence electrons. The molecule has 0 aromatic rings. The monoisotopic (exact) mass is 624 g/mol. The number of nitrogens with zero attached hydrogens (tertiary/aromatic N) is 2. The minimum atomic E-state index is -0.496. The smallest absolute Gasteiger partial charge is 0.226 e. The summed E-state index contributed by atoms with van der Waals surface area (Å²) in [5.74, 6) is 1.00. The number of morpholine rings is 1. The Morgan fingerprint density at radius 1 is 1.14 bits per heavy atom. The van der Waals surface area contributed by atoms with Crippen LogP contribution in [0, 0.1) is 11.8 Å². The lowest BCUT2D eigenvalue weighted by Gasteiger charge is -2.48. The molecule has 9 unspecified atom stereocenters. The maximum atomic E-state index is 13.0. The predicted molar refractivity (Wildman–Crippen MR) is 160 cm³/mol. The number of hydrogen-bond acceptors (Lipinski definition) is 15. The van der Waals surface area contributed by atoms with Gasteiger partial charge in [0.05, 0.1) is 48.9 Å². The van der Waals surface area contributed by atoms with Gasteiger partial charge in [-0.15, -0.1) is 23.5 Å². The van der Waals surface area contributed by atoms with E-state index in [1.165, 1.54) is 0 Å². The van der Waals surface area contributed by atoms with Crippen LogP contribution in [0.2, 0.25) is 0 Å². The number of rotatable bonds is 7. The SMILES string of the molecule is NC(=O)C1C(NC2CNC(C3CSC4C(=O)C=C(N5CCOCC5)OC43)S2)NC(N[C@H]2CCCC[C@H]2N)N2NCNC12. The number of nitrogens with two attached hydrogens (primary N) is 2. The van der Waals surface area contributed by atoms with E-state index in [2.05, 4.69) is 36.9 Å². The summed E-state index contributed by atoms with van der Waals surface area (Å²) in [6.45, 7) is 4.04. The van der Waals surface area contributed by atoms with Crippen molar-refractivity contribution in [2.75, 3.05) is 45.3 Å². The van der Waals surface area contributed by atoms with E-state index in [-0.39, 0.29) is 70.4 Å². The highest BCUT2D eigenvalue weighted by atomic mass is 32.2. The van der Waals surface area contributed by atoms with Gasteiger partial charge in [-0.2, -0.15) is 5.01 Å². The number of ketones is 1. The highest BCUT2D eigenvalue weighted by molar-refractivity contribution is 8.01. The summed E-state index contributed by atoms with van der Waals surface area (Å²) in [6.07, 6.45) is 5.05. The van der Waals surface area contributed by atoms with Gasteiger partial charge in [-0.25, -0.2) is 5.43 Å². The largest absolute Gasteiger partial charge is 0.474 e. The molecule has 6 aliphatic heterocycles. The van der Waals surface area contributed by atoms with E-state index in [1.807, 2.05) is 16.8 Å². The quantitative estimate of drug-likeness (QED) is 0.146. The van der Waals surface area contributed by atoms with Gasteiger partial charge < -0.3 is 31.2 Å². The summed E-state index contributed by atoms with van der Waals surface area (Å²) < 4.78 is 12.0. The van der Waals surface area contributed by atoms with Crippen molar-refractivity contribution in [3.63, 3.8) is 0 Å².